The normalized spacial score (nSPS) is 18.3. The Labute approximate surface area is 143 Å². The highest BCUT2D eigenvalue weighted by Crippen LogP contribution is 2.21. The SMILES string of the molecule is C[C@H](C#N)C[NH+]1CCN(S(=O)(=O)c2ccc3ccccc3c2)CC1. The van der Waals surface area contributed by atoms with Crippen molar-refractivity contribution in [1.82, 2.24) is 4.31 Å². The quantitative estimate of drug-likeness (QED) is 0.896. The van der Waals surface area contributed by atoms with Crippen molar-refractivity contribution in [2.45, 2.75) is 11.8 Å². The van der Waals surface area contributed by atoms with Gasteiger partial charge in [-0.1, -0.05) is 30.3 Å². The number of quaternary nitrogens is 1. The molecule has 2 aromatic rings. The Balaban J connectivity index is 1.75. The van der Waals surface area contributed by atoms with Crippen LogP contribution in [0.4, 0.5) is 0 Å². The molecule has 0 aromatic heterocycles. The van der Waals surface area contributed by atoms with Crippen LogP contribution in [0.3, 0.4) is 0 Å². The standard InChI is InChI=1S/C18H21N3O2S/c1-15(13-19)14-20-8-10-21(11-9-20)24(22,23)18-7-6-16-4-2-3-5-17(16)12-18/h2-7,12,15H,8-11,14H2,1H3/p+1/t15-/m1/s1. The van der Waals surface area contributed by atoms with Gasteiger partial charge in [-0.25, -0.2) is 8.42 Å². The molecule has 1 saturated heterocycles. The minimum absolute atomic E-state index is 0.00337. The molecule has 0 amide bonds. The summed E-state index contributed by atoms with van der Waals surface area (Å²) in [6.45, 7) is 5.19. The highest BCUT2D eigenvalue weighted by molar-refractivity contribution is 7.89. The average Bonchev–Trinajstić information content (AvgIpc) is 2.61. The summed E-state index contributed by atoms with van der Waals surface area (Å²) in [5.41, 5.74) is 0. The molecular formula is C18H22N3O2S+. The van der Waals surface area contributed by atoms with Crippen LogP contribution in [0.1, 0.15) is 6.92 Å². The number of hydrogen-bond donors (Lipinski definition) is 1. The molecule has 126 valence electrons. The third-order valence-corrected chi connectivity index (χ3v) is 6.50. The van der Waals surface area contributed by atoms with Crippen molar-refractivity contribution in [3.8, 4) is 6.07 Å². The first-order valence-electron chi connectivity index (χ1n) is 8.23. The van der Waals surface area contributed by atoms with Crippen LogP contribution in [-0.2, 0) is 10.0 Å². The van der Waals surface area contributed by atoms with Gasteiger partial charge in [0.05, 0.1) is 49.6 Å². The van der Waals surface area contributed by atoms with Crippen LogP contribution in [0.5, 0.6) is 0 Å². The Bertz CT molecular complexity index is 865. The number of hydrogen-bond acceptors (Lipinski definition) is 3. The number of nitrogens with one attached hydrogen (secondary N) is 1. The van der Waals surface area contributed by atoms with E-state index in [2.05, 4.69) is 6.07 Å². The summed E-state index contributed by atoms with van der Waals surface area (Å²) >= 11 is 0. The summed E-state index contributed by atoms with van der Waals surface area (Å²) in [7, 11) is -3.46. The predicted octanol–water partition coefficient (Wildman–Crippen LogP) is 0.889. The highest BCUT2D eigenvalue weighted by atomic mass is 32.2. The van der Waals surface area contributed by atoms with E-state index in [1.165, 1.54) is 4.90 Å². The summed E-state index contributed by atoms with van der Waals surface area (Å²) in [5, 5.41) is 10.9. The van der Waals surface area contributed by atoms with E-state index >= 15 is 0 Å². The smallest absolute Gasteiger partial charge is 0.243 e. The molecular weight excluding hydrogens is 322 g/mol. The molecule has 24 heavy (non-hydrogen) atoms. The molecule has 6 heteroatoms. The van der Waals surface area contributed by atoms with E-state index in [1.807, 2.05) is 37.3 Å². The molecule has 0 saturated carbocycles. The fraction of sp³-hybridized carbons (Fsp3) is 0.389. The topological polar surface area (TPSA) is 65.6 Å². The number of nitrogens with zero attached hydrogens (tertiary/aromatic N) is 2. The molecule has 0 aliphatic carbocycles. The zero-order chi connectivity index (χ0) is 17.2. The van der Waals surface area contributed by atoms with Crippen LogP contribution in [-0.4, -0.2) is 45.4 Å². The van der Waals surface area contributed by atoms with Crippen molar-refractivity contribution < 1.29 is 13.3 Å². The Morgan fingerprint density at radius 3 is 2.50 bits per heavy atom. The second-order valence-corrected chi connectivity index (χ2v) is 8.34. The van der Waals surface area contributed by atoms with Crippen molar-refractivity contribution in [3.63, 3.8) is 0 Å². The average molecular weight is 344 g/mol. The van der Waals surface area contributed by atoms with E-state index in [0.29, 0.717) is 18.0 Å². The molecule has 0 radical (unpaired) electrons. The molecule has 0 bridgehead atoms. The number of benzene rings is 2. The van der Waals surface area contributed by atoms with Gasteiger partial charge in [0.1, 0.15) is 0 Å². The van der Waals surface area contributed by atoms with Crippen molar-refractivity contribution in [3.05, 3.63) is 42.5 Å². The summed E-state index contributed by atoms with van der Waals surface area (Å²) in [6, 6.07) is 15.3. The fourth-order valence-electron chi connectivity index (χ4n) is 3.20. The largest absolute Gasteiger partial charge is 0.332 e. The molecule has 3 rings (SSSR count). The van der Waals surface area contributed by atoms with E-state index < -0.39 is 10.0 Å². The van der Waals surface area contributed by atoms with Crippen molar-refractivity contribution in [2.75, 3.05) is 32.7 Å². The van der Waals surface area contributed by atoms with Crippen molar-refractivity contribution in [1.29, 1.82) is 5.26 Å². The molecule has 1 fully saturated rings. The Hall–Kier alpha value is -1.94. The van der Waals surface area contributed by atoms with Crippen molar-refractivity contribution >= 4 is 20.8 Å². The van der Waals surface area contributed by atoms with Crippen LogP contribution in [0.2, 0.25) is 0 Å². The zero-order valence-corrected chi connectivity index (χ0v) is 14.6. The van der Waals surface area contributed by atoms with Gasteiger partial charge in [-0.05, 0) is 29.8 Å². The van der Waals surface area contributed by atoms with Gasteiger partial charge < -0.3 is 4.90 Å². The Morgan fingerprint density at radius 1 is 1.17 bits per heavy atom. The molecule has 1 N–H and O–H groups in total. The minimum atomic E-state index is -3.46. The summed E-state index contributed by atoms with van der Waals surface area (Å²) in [6.07, 6.45) is 0. The maximum Gasteiger partial charge on any atom is 0.243 e. The minimum Gasteiger partial charge on any atom is -0.332 e. The number of nitriles is 1. The lowest BCUT2D eigenvalue weighted by Crippen LogP contribution is -3.15. The highest BCUT2D eigenvalue weighted by Gasteiger charge is 2.30. The van der Waals surface area contributed by atoms with E-state index in [-0.39, 0.29) is 5.92 Å². The third kappa shape index (κ3) is 3.44. The van der Waals surface area contributed by atoms with Crippen LogP contribution in [0.25, 0.3) is 10.8 Å². The van der Waals surface area contributed by atoms with Crippen LogP contribution in [0.15, 0.2) is 47.4 Å². The van der Waals surface area contributed by atoms with Gasteiger partial charge in [0.25, 0.3) is 0 Å². The first-order chi connectivity index (χ1) is 11.5. The number of piperazine rings is 1. The van der Waals surface area contributed by atoms with E-state index in [1.54, 1.807) is 16.4 Å². The van der Waals surface area contributed by atoms with Gasteiger partial charge in [-0.2, -0.15) is 9.57 Å². The first kappa shape index (κ1) is 16.9. The van der Waals surface area contributed by atoms with Crippen molar-refractivity contribution in [2.24, 2.45) is 5.92 Å². The van der Waals surface area contributed by atoms with E-state index in [0.717, 1.165) is 30.4 Å². The molecule has 0 spiro atoms. The molecule has 1 aliphatic rings. The summed E-state index contributed by atoms with van der Waals surface area (Å²) in [5.74, 6) is 0.00337. The van der Waals surface area contributed by atoms with Gasteiger partial charge in [-0.15, -0.1) is 0 Å². The number of rotatable bonds is 4. The lowest BCUT2D eigenvalue weighted by Gasteiger charge is -2.32. The Morgan fingerprint density at radius 2 is 1.83 bits per heavy atom. The summed E-state index contributed by atoms with van der Waals surface area (Å²) < 4.78 is 27.3. The lowest BCUT2D eigenvalue weighted by atomic mass is 10.1. The van der Waals surface area contributed by atoms with Gasteiger partial charge >= 0.3 is 0 Å². The molecule has 2 aromatic carbocycles. The molecule has 1 heterocycles. The van der Waals surface area contributed by atoms with Crippen LogP contribution in [0, 0.1) is 17.2 Å². The van der Waals surface area contributed by atoms with Gasteiger partial charge in [0, 0.05) is 0 Å². The predicted molar refractivity (Wildman–Crippen MR) is 93.0 cm³/mol. The monoisotopic (exact) mass is 344 g/mol. The van der Waals surface area contributed by atoms with Crippen LogP contribution < -0.4 is 4.90 Å². The molecule has 1 atom stereocenters. The molecule has 0 unspecified atom stereocenters. The van der Waals surface area contributed by atoms with Crippen LogP contribution >= 0.6 is 0 Å². The second kappa shape index (κ2) is 6.89. The first-order valence-corrected chi connectivity index (χ1v) is 9.67. The van der Waals surface area contributed by atoms with E-state index in [4.69, 9.17) is 5.26 Å². The molecule has 1 aliphatic heterocycles. The second-order valence-electron chi connectivity index (χ2n) is 6.40. The number of fused-ring (bicyclic) bond motifs is 1. The van der Waals surface area contributed by atoms with E-state index in [9.17, 15) is 8.42 Å². The van der Waals surface area contributed by atoms with Gasteiger partial charge in [0.15, 0.2) is 0 Å². The number of sulfonamides is 1. The maximum absolute atomic E-state index is 12.9. The Kier molecular flexibility index (Phi) is 4.86. The fourth-order valence-corrected chi connectivity index (χ4v) is 4.68. The lowest BCUT2D eigenvalue weighted by molar-refractivity contribution is -0.905. The van der Waals surface area contributed by atoms with Gasteiger partial charge in [-0.3, -0.25) is 0 Å². The third-order valence-electron chi connectivity index (χ3n) is 4.60. The van der Waals surface area contributed by atoms with Gasteiger partial charge in [0.2, 0.25) is 10.0 Å². The maximum atomic E-state index is 12.9. The summed E-state index contributed by atoms with van der Waals surface area (Å²) in [4.78, 5) is 1.66. The molecule has 5 nitrogen and oxygen atoms in total. The zero-order valence-electron chi connectivity index (χ0n) is 13.8.